The number of aromatic nitrogens is 1. The summed E-state index contributed by atoms with van der Waals surface area (Å²) in [6.45, 7) is 4.42. The van der Waals surface area contributed by atoms with E-state index in [-0.39, 0.29) is 22.1 Å². The van der Waals surface area contributed by atoms with Gasteiger partial charge >= 0.3 is 0 Å². The van der Waals surface area contributed by atoms with Crippen molar-refractivity contribution in [2.24, 2.45) is 0 Å². The number of amides is 1. The first-order valence-electron chi connectivity index (χ1n) is 9.11. The quantitative estimate of drug-likeness (QED) is 0.647. The largest absolute Gasteiger partial charge is 0.495 e. The third kappa shape index (κ3) is 3.99. The molecule has 7 nitrogen and oxygen atoms in total. The highest BCUT2D eigenvalue weighted by Gasteiger charge is 2.23. The number of carbonyl (C=O) groups excluding carboxylic acids is 1. The number of fused-ring (bicyclic) bond motifs is 1. The minimum Gasteiger partial charge on any atom is -0.495 e. The molecule has 2 aromatic carbocycles. The molecule has 0 fully saturated rings. The lowest BCUT2D eigenvalue weighted by atomic mass is 10.1. The van der Waals surface area contributed by atoms with Crippen LogP contribution in [0.3, 0.4) is 0 Å². The first-order valence-corrected chi connectivity index (χ1v) is 10.6. The SMILES string of the molecule is COc1ccc(C(=O)NCc2ccc3[nH]c(C)c(C)c3c2)cc1S(=O)(=O)N(C)C. The Morgan fingerprint density at radius 2 is 1.86 bits per heavy atom. The molecule has 29 heavy (non-hydrogen) atoms. The monoisotopic (exact) mass is 415 g/mol. The van der Waals surface area contributed by atoms with E-state index in [0.717, 1.165) is 26.5 Å². The van der Waals surface area contributed by atoms with Gasteiger partial charge in [-0.15, -0.1) is 0 Å². The molecular weight excluding hydrogens is 390 g/mol. The molecule has 0 aliphatic carbocycles. The Balaban J connectivity index is 1.83. The molecule has 8 heteroatoms. The van der Waals surface area contributed by atoms with Crippen LogP contribution in [0.1, 0.15) is 27.2 Å². The fourth-order valence-electron chi connectivity index (χ4n) is 3.12. The average Bonchev–Trinajstić information content (AvgIpc) is 2.99. The maximum Gasteiger partial charge on any atom is 0.251 e. The minimum atomic E-state index is -3.74. The molecule has 0 bridgehead atoms. The van der Waals surface area contributed by atoms with E-state index in [4.69, 9.17) is 4.74 Å². The molecule has 0 atom stereocenters. The standard InChI is InChI=1S/C21H25N3O4S/c1-13-14(2)23-18-8-6-15(10-17(13)18)12-22-21(25)16-7-9-19(28-5)20(11-16)29(26,27)24(3)4/h6-11,23H,12H2,1-5H3,(H,22,25). The molecule has 0 unspecified atom stereocenters. The van der Waals surface area contributed by atoms with E-state index < -0.39 is 10.0 Å². The lowest BCUT2D eigenvalue weighted by Crippen LogP contribution is -2.25. The van der Waals surface area contributed by atoms with Crippen LogP contribution < -0.4 is 10.1 Å². The number of hydrogen-bond donors (Lipinski definition) is 2. The predicted molar refractivity (Wildman–Crippen MR) is 113 cm³/mol. The van der Waals surface area contributed by atoms with Crippen molar-refractivity contribution < 1.29 is 17.9 Å². The predicted octanol–water partition coefficient (Wildman–Crippen LogP) is 2.97. The molecular formula is C21H25N3O4S. The molecule has 1 amide bonds. The van der Waals surface area contributed by atoms with Crippen molar-refractivity contribution in [2.75, 3.05) is 21.2 Å². The number of methoxy groups -OCH3 is 1. The highest BCUT2D eigenvalue weighted by Crippen LogP contribution is 2.27. The number of rotatable bonds is 6. The number of aryl methyl sites for hydroxylation is 2. The van der Waals surface area contributed by atoms with Crippen LogP contribution in [0.5, 0.6) is 5.75 Å². The van der Waals surface area contributed by atoms with Crippen molar-refractivity contribution in [2.45, 2.75) is 25.3 Å². The van der Waals surface area contributed by atoms with Crippen LogP contribution in [-0.2, 0) is 16.6 Å². The van der Waals surface area contributed by atoms with Crippen molar-refractivity contribution in [3.05, 3.63) is 58.8 Å². The van der Waals surface area contributed by atoms with E-state index in [2.05, 4.69) is 17.2 Å². The Labute approximate surface area is 170 Å². The zero-order valence-corrected chi connectivity index (χ0v) is 18.0. The summed E-state index contributed by atoms with van der Waals surface area (Å²) >= 11 is 0. The van der Waals surface area contributed by atoms with Crippen molar-refractivity contribution >= 4 is 26.8 Å². The maximum absolute atomic E-state index is 12.6. The second-order valence-corrected chi connectivity index (χ2v) is 9.21. The summed E-state index contributed by atoms with van der Waals surface area (Å²) in [7, 11) is 0.515. The zero-order chi connectivity index (χ0) is 21.3. The third-order valence-corrected chi connectivity index (χ3v) is 6.85. The number of H-pyrrole nitrogens is 1. The highest BCUT2D eigenvalue weighted by atomic mass is 32.2. The third-order valence-electron chi connectivity index (χ3n) is 5.01. The van der Waals surface area contributed by atoms with Gasteiger partial charge in [0.1, 0.15) is 10.6 Å². The minimum absolute atomic E-state index is 0.0440. The van der Waals surface area contributed by atoms with E-state index in [0.29, 0.717) is 6.54 Å². The van der Waals surface area contributed by atoms with E-state index in [1.165, 1.54) is 38.9 Å². The van der Waals surface area contributed by atoms with Crippen LogP contribution in [0.25, 0.3) is 10.9 Å². The Kier molecular flexibility index (Phi) is 5.68. The van der Waals surface area contributed by atoms with Gasteiger partial charge in [-0.2, -0.15) is 0 Å². The van der Waals surface area contributed by atoms with Crippen LogP contribution in [0.2, 0.25) is 0 Å². The first kappa shape index (κ1) is 20.9. The van der Waals surface area contributed by atoms with Gasteiger partial charge in [0.15, 0.2) is 0 Å². The average molecular weight is 416 g/mol. The summed E-state index contributed by atoms with van der Waals surface area (Å²) in [6, 6.07) is 10.4. The van der Waals surface area contributed by atoms with Gasteiger partial charge in [0.25, 0.3) is 5.91 Å². The number of sulfonamides is 1. The molecule has 1 heterocycles. The first-order chi connectivity index (χ1) is 13.6. The number of aromatic amines is 1. The molecule has 2 N–H and O–H groups in total. The molecule has 3 aromatic rings. The lowest BCUT2D eigenvalue weighted by molar-refractivity contribution is 0.0950. The summed E-state index contributed by atoms with van der Waals surface area (Å²) in [5, 5.41) is 3.98. The molecule has 1 aromatic heterocycles. The molecule has 154 valence electrons. The van der Waals surface area contributed by atoms with Crippen molar-refractivity contribution in [3.63, 3.8) is 0 Å². The Morgan fingerprint density at radius 1 is 1.14 bits per heavy atom. The zero-order valence-electron chi connectivity index (χ0n) is 17.2. The molecule has 0 saturated heterocycles. The summed E-state index contributed by atoms with van der Waals surface area (Å²) in [5.41, 5.74) is 4.57. The topological polar surface area (TPSA) is 91.5 Å². The van der Waals surface area contributed by atoms with E-state index in [1.54, 1.807) is 6.07 Å². The van der Waals surface area contributed by atoms with Gasteiger partial charge in [-0.3, -0.25) is 4.79 Å². The van der Waals surface area contributed by atoms with Crippen LogP contribution in [0, 0.1) is 13.8 Å². The van der Waals surface area contributed by atoms with E-state index in [1.807, 2.05) is 25.1 Å². The second kappa shape index (κ2) is 7.88. The smallest absolute Gasteiger partial charge is 0.251 e. The van der Waals surface area contributed by atoms with Gasteiger partial charge in [0.2, 0.25) is 10.0 Å². The summed E-state index contributed by atoms with van der Waals surface area (Å²) in [4.78, 5) is 15.9. The van der Waals surface area contributed by atoms with Crippen molar-refractivity contribution in [3.8, 4) is 5.75 Å². The second-order valence-electron chi connectivity index (χ2n) is 7.09. The maximum atomic E-state index is 12.6. The molecule has 0 saturated carbocycles. The number of nitrogens with zero attached hydrogens (tertiary/aromatic N) is 1. The van der Waals surface area contributed by atoms with E-state index in [9.17, 15) is 13.2 Å². The Morgan fingerprint density at radius 3 is 2.52 bits per heavy atom. The molecule has 0 radical (unpaired) electrons. The normalized spacial score (nSPS) is 11.8. The summed E-state index contributed by atoms with van der Waals surface area (Å²) in [6.07, 6.45) is 0. The number of hydrogen-bond acceptors (Lipinski definition) is 4. The molecule has 3 rings (SSSR count). The number of benzene rings is 2. The Hall–Kier alpha value is -2.84. The summed E-state index contributed by atoms with van der Waals surface area (Å²) < 4.78 is 31.3. The van der Waals surface area contributed by atoms with Gasteiger partial charge in [0, 0.05) is 42.8 Å². The van der Waals surface area contributed by atoms with Crippen molar-refractivity contribution in [1.82, 2.24) is 14.6 Å². The lowest BCUT2D eigenvalue weighted by Gasteiger charge is -2.15. The fourth-order valence-corrected chi connectivity index (χ4v) is 4.19. The van der Waals surface area contributed by atoms with E-state index >= 15 is 0 Å². The van der Waals surface area contributed by atoms with Gasteiger partial charge in [0.05, 0.1) is 7.11 Å². The number of ether oxygens (including phenoxy) is 1. The van der Waals surface area contributed by atoms with Gasteiger partial charge < -0.3 is 15.0 Å². The molecule has 0 aliphatic rings. The highest BCUT2D eigenvalue weighted by molar-refractivity contribution is 7.89. The van der Waals surface area contributed by atoms with Crippen LogP contribution in [0.15, 0.2) is 41.3 Å². The Bertz CT molecular complexity index is 1180. The number of nitrogens with one attached hydrogen (secondary N) is 2. The molecule has 0 spiro atoms. The number of carbonyl (C=O) groups is 1. The van der Waals surface area contributed by atoms with Gasteiger partial charge in [-0.05, 0) is 55.3 Å². The summed E-state index contributed by atoms with van der Waals surface area (Å²) in [5.74, 6) is -0.163. The van der Waals surface area contributed by atoms with Crippen molar-refractivity contribution in [1.29, 1.82) is 0 Å². The van der Waals surface area contributed by atoms with Gasteiger partial charge in [-0.25, -0.2) is 12.7 Å². The van der Waals surface area contributed by atoms with Crippen LogP contribution in [0.4, 0.5) is 0 Å². The van der Waals surface area contributed by atoms with Gasteiger partial charge in [-0.1, -0.05) is 6.07 Å². The molecule has 0 aliphatic heterocycles. The fraction of sp³-hybridized carbons (Fsp3) is 0.286. The van der Waals surface area contributed by atoms with Crippen LogP contribution >= 0.6 is 0 Å². The van der Waals surface area contributed by atoms with Crippen LogP contribution in [-0.4, -0.2) is 44.8 Å².